The lowest BCUT2D eigenvalue weighted by molar-refractivity contribution is 0.0995. The molecular weight excluding hydrogens is 344 g/mol. The number of pyridine rings is 1. The van der Waals surface area contributed by atoms with Gasteiger partial charge in [-0.15, -0.1) is 0 Å². The van der Waals surface area contributed by atoms with Gasteiger partial charge in [-0.1, -0.05) is 11.6 Å². The molecule has 0 fully saturated rings. The van der Waals surface area contributed by atoms with Gasteiger partial charge in [-0.05, 0) is 52.3 Å². The largest absolute Gasteiger partial charge is 0.444 e. The summed E-state index contributed by atoms with van der Waals surface area (Å²) in [6.45, 7) is 0. The molecule has 3 rings (SSSR count). The third-order valence-electron chi connectivity index (χ3n) is 2.75. The number of benzene rings is 1. The molecule has 2 heterocycles. The van der Waals surface area contributed by atoms with E-state index in [1.54, 1.807) is 36.5 Å². The molecule has 0 saturated heterocycles. The summed E-state index contributed by atoms with van der Waals surface area (Å²) >= 11 is 9.09. The van der Waals surface area contributed by atoms with Crippen LogP contribution in [0, 0.1) is 0 Å². The predicted octanol–water partition coefficient (Wildman–Crippen LogP) is 4.50. The number of hydrogen-bond acceptors (Lipinski definition) is 3. The first-order chi connectivity index (χ1) is 9.63. The van der Waals surface area contributed by atoms with Crippen LogP contribution in [0.3, 0.4) is 0 Å². The van der Waals surface area contributed by atoms with E-state index in [0.29, 0.717) is 15.4 Å². The van der Waals surface area contributed by atoms with Gasteiger partial charge in [0, 0.05) is 16.6 Å². The van der Waals surface area contributed by atoms with Crippen molar-refractivity contribution in [1.29, 1.82) is 0 Å². The molecule has 0 saturated carbocycles. The van der Waals surface area contributed by atoms with Crippen LogP contribution in [0.1, 0.15) is 10.6 Å². The smallest absolute Gasteiger partial charge is 0.291 e. The van der Waals surface area contributed by atoms with E-state index in [2.05, 4.69) is 26.2 Å². The lowest BCUT2D eigenvalue weighted by Gasteiger charge is -2.07. The van der Waals surface area contributed by atoms with Crippen LogP contribution in [0.15, 0.2) is 51.7 Å². The molecule has 0 spiro atoms. The normalized spacial score (nSPS) is 10.7. The van der Waals surface area contributed by atoms with Crippen LogP contribution < -0.4 is 5.32 Å². The number of anilines is 1. The predicted molar refractivity (Wildman–Crippen MR) is 81.1 cm³/mol. The van der Waals surface area contributed by atoms with Crippen molar-refractivity contribution in [3.8, 4) is 0 Å². The minimum absolute atomic E-state index is 0.232. The van der Waals surface area contributed by atoms with E-state index in [9.17, 15) is 4.79 Å². The quantitative estimate of drug-likeness (QED) is 0.740. The van der Waals surface area contributed by atoms with Crippen molar-refractivity contribution in [2.45, 2.75) is 0 Å². The highest BCUT2D eigenvalue weighted by molar-refractivity contribution is 9.10. The van der Waals surface area contributed by atoms with Gasteiger partial charge in [0.25, 0.3) is 5.91 Å². The molecule has 0 atom stereocenters. The van der Waals surface area contributed by atoms with Gasteiger partial charge in [0.15, 0.2) is 10.4 Å². The molecule has 1 N–H and O–H groups in total. The fourth-order valence-corrected chi connectivity index (χ4v) is 2.32. The summed E-state index contributed by atoms with van der Waals surface area (Å²) in [5.41, 5.74) is 1.38. The Morgan fingerprint density at radius 1 is 1.25 bits per heavy atom. The molecule has 0 aliphatic heterocycles. The molecule has 0 aliphatic carbocycles. The van der Waals surface area contributed by atoms with Gasteiger partial charge >= 0.3 is 0 Å². The van der Waals surface area contributed by atoms with Crippen LogP contribution in [0.5, 0.6) is 0 Å². The number of carbonyl (C=O) groups is 1. The SMILES string of the molecule is O=C(Nc1ccnc2cc(Cl)ccc12)c1ccc(Br)o1. The van der Waals surface area contributed by atoms with Crippen LogP contribution in [0.4, 0.5) is 5.69 Å². The van der Waals surface area contributed by atoms with Crippen molar-refractivity contribution < 1.29 is 9.21 Å². The first kappa shape index (κ1) is 13.1. The van der Waals surface area contributed by atoms with E-state index in [0.717, 1.165) is 10.9 Å². The molecule has 0 bridgehead atoms. The lowest BCUT2D eigenvalue weighted by Crippen LogP contribution is -2.11. The minimum Gasteiger partial charge on any atom is -0.444 e. The van der Waals surface area contributed by atoms with E-state index in [1.165, 1.54) is 0 Å². The summed E-state index contributed by atoms with van der Waals surface area (Å²) in [5.74, 6) is -0.0889. The molecular formula is C14H8BrClN2O2. The van der Waals surface area contributed by atoms with Crippen molar-refractivity contribution in [2.24, 2.45) is 0 Å². The zero-order valence-corrected chi connectivity index (χ0v) is 12.4. The van der Waals surface area contributed by atoms with Crippen LogP contribution >= 0.6 is 27.5 Å². The van der Waals surface area contributed by atoms with Crippen molar-refractivity contribution in [3.63, 3.8) is 0 Å². The minimum atomic E-state index is -0.321. The van der Waals surface area contributed by atoms with Gasteiger partial charge in [-0.3, -0.25) is 9.78 Å². The number of nitrogens with one attached hydrogen (secondary N) is 1. The van der Waals surface area contributed by atoms with Crippen LogP contribution in [0.25, 0.3) is 10.9 Å². The van der Waals surface area contributed by atoms with Crippen molar-refractivity contribution in [2.75, 3.05) is 5.32 Å². The maximum absolute atomic E-state index is 12.1. The third kappa shape index (κ3) is 2.55. The Morgan fingerprint density at radius 3 is 2.85 bits per heavy atom. The van der Waals surface area contributed by atoms with Crippen molar-refractivity contribution in [1.82, 2.24) is 4.98 Å². The number of amides is 1. The summed E-state index contributed by atoms with van der Waals surface area (Å²) in [6, 6.07) is 10.3. The number of hydrogen-bond donors (Lipinski definition) is 1. The lowest BCUT2D eigenvalue weighted by atomic mass is 10.2. The number of aromatic nitrogens is 1. The highest BCUT2D eigenvalue weighted by Gasteiger charge is 2.12. The molecule has 6 heteroatoms. The number of halogens is 2. The average molecular weight is 352 g/mol. The summed E-state index contributed by atoms with van der Waals surface area (Å²) in [4.78, 5) is 16.3. The van der Waals surface area contributed by atoms with Crippen LogP contribution in [-0.4, -0.2) is 10.9 Å². The van der Waals surface area contributed by atoms with E-state index in [-0.39, 0.29) is 11.7 Å². The van der Waals surface area contributed by atoms with Crippen molar-refractivity contribution in [3.05, 3.63) is 58.0 Å². The maximum Gasteiger partial charge on any atom is 0.291 e. The molecule has 100 valence electrons. The molecule has 1 aromatic carbocycles. The maximum atomic E-state index is 12.1. The molecule has 1 amide bonds. The van der Waals surface area contributed by atoms with Gasteiger partial charge < -0.3 is 9.73 Å². The third-order valence-corrected chi connectivity index (χ3v) is 3.41. The number of fused-ring (bicyclic) bond motifs is 1. The van der Waals surface area contributed by atoms with E-state index in [1.807, 2.05) is 6.07 Å². The molecule has 3 aromatic rings. The highest BCUT2D eigenvalue weighted by atomic mass is 79.9. The van der Waals surface area contributed by atoms with E-state index < -0.39 is 0 Å². The van der Waals surface area contributed by atoms with E-state index in [4.69, 9.17) is 16.0 Å². The molecule has 20 heavy (non-hydrogen) atoms. The number of nitrogens with zero attached hydrogens (tertiary/aromatic N) is 1. The van der Waals surface area contributed by atoms with Gasteiger partial charge in [0.05, 0.1) is 11.2 Å². The van der Waals surface area contributed by atoms with Gasteiger partial charge in [-0.25, -0.2) is 0 Å². The Kier molecular flexibility index (Phi) is 3.46. The summed E-state index contributed by atoms with van der Waals surface area (Å²) in [7, 11) is 0. The summed E-state index contributed by atoms with van der Waals surface area (Å²) in [5, 5.41) is 4.21. The molecule has 0 unspecified atom stereocenters. The summed E-state index contributed by atoms with van der Waals surface area (Å²) in [6.07, 6.45) is 1.62. The van der Waals surface area contributed by atoms with Crippen molar-refractivity contribution >= 4 is 50.0 Å². The molecule has 0 aliphatic rings. The van der Waals surface area contributed by atoms with Gasteiger partial charge in [0.2, 0.25) is 0 Å². The average Bonchev–Trinajstić information content (AvgIpc) is 2.85. The monoisotopic (exact) mass is 350 g/mol. The second kappa shape index (κ2) is 5.26. The zero-order chi connectivity index (χ0) is 14.1. The highest BCUT2D eigenvalue weighted by Crippen LogP contribution is 2.25. The van der Waals surface area contributed by atoms with Gasteiger partial charge in [-0.2, -0.15) is 0 Å². The van der Waals surface area contributed by atoms with E-state index >= 15 is 0 Å². The first-order valence-corrected chi connectivity index (χ1v) is 6.91. The molecule has 2 aromatic heterocycles. The molecule has 0 radical (unpaired) electrons. The Balaban J connectivity index is 1.97. The topological polar surface area (TPSA) is 55.1 Å². The van der Waals surface area contributed by atoms with Gasteiger partial charge in [0.1, 0.15) is 0 Å². The molecule has 4 nitrogen and oxygen atoms in total. The van der Waals surface area contributed by atoms with Crippen LogP contribution in [0.2, 0.25) is 5.02 Å². The second-order valence-corrected chi connectivity index (χ2v) is 5.30. The second-order valence-electron chi connectivity index (χ2n) is 4.08. The number of carbonyl (C=O) groups excluding carboxylic acids is 1. The first-order valence-electron chi connectivity index (χ1n) is 5.74. The Bertz CT molecular complexity index is 801. The zero-order valence-electron chi connectivity index (χ0n) is 10.1. The number of furan rings is 1. The number of rotatable bonds is 2. The Morgan fingerprint density at radius 2 is 2.10 bits per heavy atom. The van der Waals surface area contributed by atoms with Crippen LogP contribution in [-0.2, 0) is 0 Å². The Labute approximate surface area is 127 Å². The Hall–Kier alpha value is -1.85. The summed E-state index contributed by atoms with van der Waals surface area (Å²) < 4.78 is 5.72. The fraction of sp³-hybridized carbons (Fsp3) is 0. The standard InChI is InChI=1S/C14H8BrClN2O2/c15-13-4-3-12(20-13)14(19)18-10-5-6-17-11-7-8(16)1-2-9(10)11/h1-7H,(H,17,18,19). The fourth-order valence-electron chi connectivity index (χ4n) is 1.85.